The lowest BCUT2D eigenvalue weighted by Crippen LogP contribution is -2.29. The van der Waals surface area contributed by atoms with Crippen LogP contribution in [0.3, 0.4) is 0 Å². The third-order valence-corrected chi connectivity index (χ3v) is 7.75. The molecule has 1 aliphatic heterocycles. The Morgan fingerprint density at radius 1 is 1.06 bits per heavy atom. The number of hydrogen-bond acceptors (Lipinski definition) is 4. The number of aryl methyl sites for hydroxylation is 1. The first kappa shape index (κ1) is 23.3. The van der Waals surface area contributed by atoms with Crippen molar-refractivity contribution in [2.24, 2.45) is 0 Å². The molecule has 1 aliphatic rings. The third kappa shape index (κ3) is 4.93. The molecule has 2 aromatic carbocycles. The zero-order valence-corrected chi connectivity index (χ0v) is 19.8. The van der Waals surface area contributed by atoms with Gasteiger partial charge in [-0.2, -0.15) is 4.31 Å². The average Bonchev–Trinajstić information content (AvgIpc) is 3.29. The van der Waals surface area contributed by atoms with Crippen molar-refractivity contribution in [1.29, 1.82) is 0 Å². The topological polar surface area (TPSA) is 75.7 Å². The number of hydrogen-bond donors (Lipinski definition) is 1. The molecule has 1 heterocycles. The lowest BCUT2D eigenvalue weighted by atomic mass is 9.93. The monoisotopic (exact) mass is 444 g/mol. The Kier molecular flexibility index (Phi) is 7.06. The van der Waals surface area contributed by atoms with Crippen LogP contribution < -0.4 is 10.1 Å². The van der Waals surface area contributed by atoms with Gasteiger partial charge in [0.05, 0.1) is 18.0 Å². The number of nitrogens with zero attached hydrogens (tertiary/aromatic N) is 1. The highest BCUT2D eigenvalue weighted by atomic mass is 32.2. The second-order valence-corrected chi connectivity index (χ2v) is 10.4. The lowest BCUT2D eigenvalue weighted by Gasteiger charge is -2.21. The minimum Gasteiger partial charge on any atom is -0.496 e. The Morgan fingerprint density at radius 3 is 2.35 bits per heavy atom. The van der Waals surface area contributed by atoms with Crippen molar-refractivity contribution in [2.75, 3.05) is 20.2 Å². The predicted molar refractivity (Wildman–Crippen MR) is 122 cm³/mol. The van der Waals surface area contributed by atoms with E-state index in [-0.39, 0.29) is 22.8 Å². The number of methoxy groups -OCH3 is 1. The van der Waals surface area contributed by atoms with Gasteiger partial charge in [-0.15, -0.1) is 0 Å². The molecule has 0 aromatic heterocycles. The summed E-state index contributed by atoms with van der Waals surface area (Å²) in [5.74, 6) is 0.826. The van der Waals surface area contributed by atoms with Gasteiger partial charge in [0, 0.05) is 18.7 Å². The smallest absolute Gasteiger partial charge is 0.251 e. The van der Waals surface area contributed by atoms with Crippen molar-refractivity contribution in [3.63, 3.8) is 0 Å². The van der Waals surface area contributed by atoms with Gasteiger partial charge in [-0.05, 0) is 79.6 Å². The van der Waals surface area contributed by atoms with Crippen molar-refractivity contribution in [3.8, 4) is 5.75 Å². The van der Waals surface area contributed by atoms with E-state index in [1.54, 1.807) is 25.3 Å². The van der Waals surface area contributed by atoms with Crippen molar-refractivity contribution in [1.82, 2.24) is 9.62 Å². The third-order valence-electron chi connectivity index (χ3n) is 5.85. The van der Waals surface area contributed by atoms with E-state index in [9.17, 15) is 13.2 Å². The predicted octanol–water partition coefficient (Wildman–Crippen LogP) is 4.40. The molecule has 0 spiro atoms. The van der Waals surface area contributed by atoms with E-state index in [4.69, 9.17) is 4.74 Å². The maximum Gasteiger partial charge on any atom is 0.251 e. The van der Waals surface area contributed by atoms with Crippen LogP contribution in [0.5, 0.6) is 5.75 Å². The minimum atomic E-state index is -3.57. The molecule has 31 heavy (non-hydrogen) atoms. The molecular formula is C24H32N2O4S. The summed E-state index contributed by atoms with van der Waals surface area (Å²) in [6.07, 6.45) is 1.74. The Balaban J connectivity index is 1.83. The van der Waals surface area contributed by atoms with Crippen LogP contribution in [-0.2, 0) is 10.0 Å². The fraction of sp³-hybridized carbons (Fsp3) is 0.458. The van der Waals surface area contributed by atoms with Gasteiger partial charge in [0.15, 0.2) is 0 Å². The van der Waals surface area contributed by atoms with Crippen LogP contribution in [0.15, 0.2) is 41.3 Å². The molecular weight excluding hydrogens is 412 g/mol. The van der Waals surface area contributed by atoms with Crippen molar-refractivity contribution in [2.45, 2.75) is 57.4 Å². The van der Waals surface area contributed by atoms with Gasteiger partial charge in [0.1, 0.15) is 5.75 Å². The molecule has 0 radical (unpaired) electrons. The SMILES string of the molecule is COc1cc(C)c([C@H](C)NC(=O)c2cccc(S(=O)(=O)N3CCCC3)c2)cc1C(C)C. The zero-order chi connectivity index (χ0) is 22.8. The molecule has 0 aliphatic carbocycles. The van der Waals surface area contributed by atoms with E-state index in [0.29, 0.717) is 18.7 Å². The van der Waals surface area contributed by atoms with Gasteiger partial charge < -0.3 is 10.1 Å². The van der Waals surface area contributed by atoms with Crippen molar-refractivity contribution < 1.29 is 17.9 Å². The van der Waals surface area contributed by atoms with Crippen LogP contribution in [0.25, 0.3) is 0 Å². The van der Waals surface area contributed by atoms with E-state index < -0.39 is 10.0 Å². The molecule has 0 unspecified atom stereocenters. The highest BCUT2D eigenvalue weighted by molar-refractivity contribution is 7.89. The number of amides is 1. The Labute approximate surface area is 185 Å². The Hall–Kier alpha value is -2.38. The van der Waals surface area contributed by atoms with E-state index in [1.165, 1.54) is 10.4 Å². The first-order valence-electron chi connectivity index (χ1n) is 10.7. The maximum absolute atomic E-state index is 12.9. The number of carbonyl (C=O) groups is 1. The van der Waals surface area contributed by atoms with E-state index >= 15 is 0 Å². The normalized spacial score (nSPS) is 15.8. The molecule has 7 heteroatoms. The number of sulfonamides is 1. The van der Waals surface area contributed by atoms with Crippen LogP contribution in [0.4, 0.5) is 0 Å². The van der Waals surface area contributed by atoms with E-state index in [2.05, 4.69) is 25.2 Å². The molecule has 2 aromatic rings. The maximum atomic E-state index is 12.9. The fourth-order valence-corrected chi connectivity index (χ4v) is 5.61. The van der Waals surface area contributed by atoms with Crippen molar-refractivity contribution >= 4 is 15.9 Å². The molecule has 168 valence electrons. The lowest BCUT2D eigenvalue weighted by molar-refractivity contribution is 0.0939. The summed E-state index contributed by atoms with van der Waals surface area (Å²) in [7, 11) is -1.90. The molecule has 1 saturated heterocycles. The van der Waals surface area contributed by atoms with Gasteiger partial charge in [-0.1, -0.05) is 19.9 Å². The number of rotatable bonds is 7. The van der Waals surface area contributed by atoms with Gasteiger partial charge in [-0.25, -0.2) is 8.42 Å². The molecule has 6 nitrogen and oxygen atoms in total. The average molecular weight is 445 g/mol. The Bertz CT molecular complexity index is 1060. The summed E-state index contributed by atoms with van der Waals surface area (Å²) >= 11 is 0. The summed E-state index contributed by atoms with van der Waals surface area (Å²) in [4.78, 5) is 13.1. The summed E-state index contributed by atoms with van der Waals surface area (Å²) in [5.41, 5.74) is 3.46. The van der Waals surface area contributed by atoms with Crippen LogP contribution in [0.1, 0.15) is 72.6 Å². The quantitative estimate of drug-likeness (QED) is 0.687. The number of nitrogens with one attached hydrogen (secondary N) is 1. The summed E-state index contributed by atoms with van der Waals surface area (Å²) in [6.45, 7) is 9.20. The highest BCUT2D eigenvalue weighted by Gasteiger charge is 2.28. The van der Waals surface area contributed by atoms with Crippen molar-refractivity contribution in [3.05, 3.63) is 58.7 Å². The van der Waals surface area contributed by atoms with Gasteiger partial charge >= 0.3 is 0 Å². The van der Waals surface area contributed by atoms with E-state index in [0.717, 1.165) is 35.3 Å². The molecule has 0 bridgehead atoms. The summed E-state index contributed by atoms with van der Waals surface area (Å²) < 4.78 is 32.7. The minimum absolute atomic E-state index is 0.164. The molecule has 1 amide bonds. The highest BCUT2D eigenvalue weighted by Crippen LogP contribution is 2.32. The van der Waals surface area contributed by atoms with E-state index in [1.807, 2.05) is 19.9 Å². The molecule has 1 fully saturated rings. The molecule has 1 atom stereocenters. The number of benzene rings is 2. The first-order valence-corrected chi connectivity index (χ1v) is 12.2. The molecule has 1 N–H and O–H groups in total. The van der Waals surface area contributed by atoms with Crippen LogP contribution in [-0.4, -0.2) is 38.8 Å². The van der Waals surface area contributed by atoms with Gasteiger partial charge in [0.2, 0.25) is 10.0 Å². The van der Waals surface area contributed by atoms with Crippen LogP contribution in [0.2, 0.25) is 0 Å². The summed E-state index contributed by atoms with van der Waals surface area (Å²) in [5, 5.41) is 3.02. The number of carbonyl (C=O) groups excluding carboxylic acids is 1. The standard InChI is InChI=1S/C24H32N2O4S/c1-16(2)21-15-22(17(3)13-23(21)30-5)18(4)25-24(27)19-9-8-10-20(14-19)31(28,29)26-11-6-7-12-26/h8-10,13-16,18H,6-7,11-12H2,1-5H3,(H,25,27)/t18-/m0/s1. The second kappa shape index (κ2) is 9.40. The summed E-state index contributed by atoms with van der Waals surface area (Å²) in [6, 6.07) is 10.1. The largest absolute Gasteiger partial charge is 0.496 e. The number of ether oxygens (including phenoxy) is 1. The zero-order valence-electron chi connectivity index (χ0n) is 18.9. The first-order chi connectivity index (χ1) is 14.6. The van der Waals surface area contributed by atoms with Gasteiger partial charge in [-0.3, -0.25) is 4.79 Å². The molecule has 3 rings (SSSR count). The fourth-order valence-electron chi connectivity index (χ4n) is 4.04. The second-order valence-electron chi connectivity index (χ2n) is 8.44. The van der Waals surface area contributed by atoms with Crippen LogP contribution >= 0.6 is 0 Å². The molecule has 0 saturated carbocycles. The van der Waals surface area contributed by atoms with Gasteiger partial charge in [0.25, 0.3) is 5.91 Å². The van der Waals surface area contributed by atoms with Crippen LogP contribution in [0, 0.1) is 6.92 Å². The Morgan fingerprint density at radius 2 is 1.74 bits per heavy atom.